The summed E-state index contributed by atoms with van der Waals surface area (Å²) in [6, 6.07) is 1.86. The molecule has 2 N–H and O–H groups in total. The average Bonchev–Trinajstić information content (AvgIpc) is 2.78. The first-order chi connectivity index (χ1) is 8.15. The van der Waals surface area contributed by atoms with Crippen LogP contribution in [0.2, 0.25) is 0 Å². The minimum Gasteiger partial charge on any atom is -0.376 e. The molecule has 1 aliphatic heterocycles. The van der Waals surface area contributed by atoms with E-state index in [-0.39, 0.29) is 0 Å². The van der Waals surface area contributed by atoms with E-state index in [1.54, 1.807) is 0 Å². The Balaban J connectivity index is 2.02. The molecule has 0 aliphatic carbocycles. The Morgan fingerprint density at radius 3 is 3.12 bits per heavy atom. The maximum absolute atomic E-state index is 5.56. The molecule has 1 aromatic heterocycles. The Kier molecular flexibility index (Phi) is 4.12. The third-order valence-corrected chi connectivity index (χ3v) is 3.06. The van der Waals surface area contributed by atoms with Gasteiger partial charge in [0.15, 0.2) is 0 Å². The second-order valence-electron chi connectivity index (χ2n) is 4.69. The van der Waals surface area contributed by atoms with E-state index in [4.69, 9.17) is 17.0 Å². The van der Waals surface area contributed by atoms with Gasteiger partial charge in [0.1, 0.15) is 16.3 Å². The third-order valence-electron chi connectivity index (χ3n) is 2.85. The molecule has 4 nitrogen and oxygen atoms in total. The zero-order valence-corrected chi connectivity index (χ0v) is 11.1. The monoisotopic (exact) mass is 253 g/mol. The highest BCUT2D eigenvalue weighted by atomic mass is 32.1. The van der Waals surface area contributed by atoms with Crippen LogP contribution in [0.1, 0.15) is 38.4 Å². The fraction of sp³-hybridized carbons (Fsp3) is 0.667. The zero-order chi connectivity index (χ0) is 12.3. The molecule has 0 radical (unpaired) electrons. The van der Waals surface area contributed by atoms with E-state index in [1.807, 2.05) is 6.07 Å². The number of rotatable bonds is 4. The number of aromatic amines is 1. The van der Waals surface area contributed by atoms with Crippen molar-refractivity contribution in [1.82, 2.24) is 9.97 Å². The quantitative estimate of drug-likeness (QED) is 0.810. The molecular weight excluding hydrogens is 234 g/mol. The van der Waals surface area contributed by atoms with Crippen molar-refractivity contribution in [2.75, 3.05) is 18.5 Å². The molecule has 5 heteroatoms. The van der Waals surface area contributed by atoms with E-state index >= 15 is 0 Å². The molecule has 2 rings (SSSR count). The molecule has 2 heterocycles. The summed E-state index contributed by atoms with van der Waals surface area (Å²) in [6.45, 7) is 5.90. The van der Waals surface area contributed by atoms with Crippen LogP contribution in [0.5, 0.6) is 0 Å². The highest BCUT2D eigenvalue weighted by Gasteiger charge is 2.15. The van der Waals surface area contributed by atoms with Crippen LogP contribution in [-0.4, -0.2) is 29.2 Å². The average molecular weight is 253 g/mol. The molecule has 0 saturated carbocycles. The maximum Gasteiger partial charge on any atom is 0.131 e. The molecule has 17 heavy (non-hydrogen) atoms. The molecule has 94 valence electrons. The van der Waals surface area contributed by atoms with E-state index in [2.05, 4.69) is 29.1 Å². The van der Waals surface area contributed by atoms with Crippen LogP contribution in [0.25, 0.3) is 0 Å². The number of nitrogens with zero attached hydrogens (tertiary/aromatic N) is 1. The van der Waals surface area contributed by atoms with E-state index in [1.165, 1.54) is 0 Å². The highest BCUT2D eigenvalue weighted by Crippen LogP contribution is 2.15. The number of aromatic nitrogens is 2. The standard InChI is InChI=1S/C12H19N3OS/c1-8(2)12-14-10(6-11(17)15-12)13-7-9-4-3-5-16-9/h6,8-9H,3-5,7H2,1-2H3,(H2,13,14,15,17). The van der Waals surface area contributed by atoms with E-state index < -0.39 is 0 Å². The van der Waals surface area contributed by atoms with Gasteiger partial charge < -0.3 is 15.0 Å². The summed E-state index contributed by atoms with van der Waals surface area (Å²) in [4.78, 5) is 7.57. The lowest BCUT2D eigenvalue weighted by atomic mass is 10.2. The summed E-state index contributed by atoms with van der Waals surface area (Å²) in [6.07, 6.45) is 2.62. The molecule has 0 spiro atoms. The van der Waals surface area contributed by atoms with E-state index in [0.717, 1.165) is 37.6 Å². The number of nitrogens with one attached hydrogen (secondary N) is 2. The first-order valence-electron chi connectivity index (χ1n) is 6.12. The third kappa shape index (κ3) is 3.51. The molecule has 1 unspecified atom stereocenters. The van der Waals surface area contributed by atoms with Crippen LogP contribution in [0.3, 0.4) is 0 Å². The second kappa shape index (κ2) is 5.60. The lowest BCUT2D eigenvalue weighted by Crippen LogP contribution is -2.19. The van der Waals surface area contributed by atoms with Gasteiger partial charge in [-0.3, -0.25) is 0 Å². The van der Waals surface area contributed by atoms with E-state index in [0.29, 0.717) is 16.7 Å². The second-order valence-corrected chi connectivity index (χ2v) is 5.11. The van der Waals surface area contributed by atoms with Crippen LogP contribution >= 0.6 is 12.2 Å². The number of ether oxygens (including phenoxy) is 1. The molecule has 1 aliphatic rings. The Morgan fingerprint density at radius 1 is 1.65 bits per heavy atom. The summed E-state index contributed by atoms with van der Waals surface area (Å²) in [7, 11) is 0. The summed E-state index contributed by atoms with van der Waals surface area (Å²) in [5.41, 5.74) is 0. The lowest BCUT2D eigenvalue weighted by molar-refractivity contribution is 0.120. The van der Waals surface area contributed by atoms with Gasteiger partial charge >= 0.3 is 0 Å². The molecule has 0 aromatic carbocycles. The van der Waals surface area contributed by atoms with Gasteiger partial charge in [0.25, 0.3) is 0 Å². The summed E-state index contributed by atoms with van der Waals surface area (Å²) in [5, 5.41) is 3.34. The van der Waals surface area contributed by atoms with Crippen molar-refractivity contribution in [3.05, 3.63) is 16.5 Å². The van der Waals surface area contributed by atoms with Crippen molar-refractivity contribution in [3.8, 4) is 0 Å². The van der Waals surface area contributed by atoms with Crippen molar-refractivity contribution in [2.45, 2.75) is 38.7 Å². The van der Waals surface area contributed by atoms with Gasteiger partial charge in [0.05, 0.1) is 6.10 Å². The Hall–Kier alpha value is -0.940. The normalized spacial score (nSPS) is 19.8. The molecule has 0 amide bonds. The fourth-order valence-corrected chi connectivity index (χ4v) is 2.09. The smallest absolute Gasteiger partial charge is 0.131 e. The Labute approximate surface area is 107 Å². The van der Waals surface area contributed by atoms with Gasteiger partial charge in [-0.05, 0) is 12.8 Å². The summed E-state index contributed by atoms with van der Waals surface area (Å²) < 4.78 is 6.19. The SMILES string of the molecule is CC(C)c1nc(=S)cc(NCC2CCCO2)[nH]1. The summed E-state index contributed by atoms with van der Waals surface area (Å²) in [5.74, 6) is 2.21. The van der Waals surface area contributed by atoms with Crippen molar-refractivity contribution in [1.29, 1.82) is 0 Å². The van der Waals surface area contributed by atoms with Gasteiger partial charge in [-0.25, -0.2) is 4.98 Å². The van der Waals surface area contributed by atoms with E-state index in [9.17, 15) is 0 Å². The maximum atomic E-state index is 5.56. The van der Waals surface area contributed by atoms with Crippen molar-refractivity contribution in [2.24, 2.45) is 0 Å². The molecule has 1 aromatic rings. The Morgan fingerprint density at radius 2 is 2.47 bits per heavy atom. The largest absolute Gasteiger partial charge is 0.376 e. The number of H-pyrrole nitrogens is 1. The number of hydrogen-bond acceptors (Lipinski definition) is 4. The number of hydrogen-bond donors (Lipinski definition) is 2. The molecule has 1 fully saturated rings. The van der Waals surface area contributed by atoms with Crippen molar-refractivity contribution < 1.29 is 4.74 Å². The molecule has 1 saturated heterocycles. The van der Waals surface area contributed by atoms with Gasteiger partial charge in [0, 0.05) is 25.1 Å². The first kappa shape index (κ1) is 12.5. The number of anilines is 1. The molecular formula is C12H19N3OS. The van der Waals surface area contributed by atoms with Gasteiger partial charge in [0.2, 0.25) is 0 Å². The van der Waals surface area contributed by atoms with Crippen molar-refractivity contribution >= 4 is 18.0 Å². The van der Waals surface area contributed by atoms with Gasteiger partial charge in [-0.15, -0.1) is 0 Å². The topological polar surface area (TPSA) is 49.9 Å². The summed E-state index contributed by atoms with van der Waals surface area (Å²) >= 11 is 5.15. The van der Waals surface area contributed by atoms with Crippen LogP contribution in [0.4, 0.5) is 5.82 Å². The van der Waals surface area contributed by atoms with Crippen LogP contribution in [-0.2, 0) is 4.74 Å². The molecule has 1 atom stereocenters. The Bertz CT molecular complexity index is 424. The van der Waals surface area contributed by atoms with Crippen LogP contribution < -0.4 is 5.32 Å². The fourth-order valence-electron chi connectivity index (χ4n) is 1.87. The first-order valence-corrected chi connectivity index (χ1v) is 6.52. The molecule has 0 bridgehead atoms. The predicted molar refractivity (Wildman–Crippen MR) is 71.0 cm³/mol. The minimum absolute atomic E-state index is 0.327. The minimum atomic E-state index is 0.327. The van der Waals surface area contributed by atoms with Crippen molar-refractivity contribution in [3.63, 3.8) is 0 Å². The highest BCUT2D eigenvalue weighted by molar-refractivity contribution is 7.71. The lowest BCUT2D eigenvalue weighted by Gasteiger charge is -2.13. The van der Waals surface area contributed by atoms with Crippen LogP contribution in [0.15, 0.2) is 6.07 Å². The predicted octanol–water partition coefficient (Wildman–Crippen LogP) is 2.85. The van der Waals surface area contributed by atoms with Crippen LogP contribution in [0, 0.1) is 4.64 Å². The van der Waals surface area contributed by atoms with Gasteiger partial charge in [-0.1, -0.05) is 26.1 Å². The zero-order valence-electron chi connectivity index (χ0n) is 10.3. The van der Waals surface area contributed by atoms with Gasteiger partial charge in [-0.2, -0.15) is 0 Å².